The summed E-state index contributed by atoms with van der Waals surface area (Å²) < 4.78 is 17.2. The third kappa shape index (κ3) is 3.41. The Labute approximate surface area is 141 Å². The molecule has 2 N–H and O–H groups in total. The van der Waals surface area contributed by atoms with Gasteiger partial charge in [0.2, 0.25) is 0 Å². The average Bonchev–Trinajstić information content (AvgIpc) is 3.17. The zero-order valence-electron chi connectivity index (χ0n) is 13.8. The molecule has 6 heteroatoms. The quantitative estimate of drug-likeness (QED) is 0.877. The van der Waals surface area contributed by atoms with Crippen LogP contribution in [0.25, 0.3) is 0 Å². The van der Waals surface area contributed by atoms with Gasteiger partial charge in [-0.1, -0.05) is 24.3 Å². The predicted molar refractivity (Wildman–Crippen MR) is 87.8 cm³/mol. The molecule has 2 aliphatic heterocycles. The first-order valence-electron chi connectivity index (χ1n) is 8.73. The highest BCUT2D eigenvalue weighted by atomic mass is 16.7. The molecule has 1 aromatic carbocycles. The number of hydrogen-bond donors (Lipinski definition) is 2. The van der Waals surface area contributed by atoms with Crippen molar-refractivity contribution < 1.29 is 19.0 Å². The van der Waals surface area contributed by atoms with Crippen LogP contribution >= 0.6 is 0 Å². The summed E-state index contributed by atoms with van der Waals surface area (Å²) in [5.41, 5.74) is 2.66. The van der Waals surface area contributed by atoms with Crippen molar-refractivity contribution in [1.82, 2.24) is 10.6 Å². The molecule has 0 aromatic heterocycles. The van der Waals surface area contributed by atoms with Crippen molar-refractivity contribution in [1.29, 1.82) is 0 Å². The Morgan fingerprint density at radius 1 is 1.17 bits per heavy atom. The lowest BCUT2D eigenvalue weighted by atomic mass is 10.1. The fraction of sp³-hybridized carbons (Fsp3) is 0.611. The van der Waals surface area contributed by atoms with E-state index in [0.717, 1.165) is 25.7 Å². The number of amides is 2. The number of urea groups is 1. The van der Waals surface area contributed by atoms with E-state index in [-0.39, 0.29) is 18.2 Å². The van der Waals surface area contributed by atoms with Crippen LogP contribution in [0, 0.1) is 0 Å². The highest BCUT2D eigenvalue weighted by Gasteiger charge is 2.42. The number of fused-ring (bicyclic) bond motifs is 1. The van der Waals surface area contributed by atoms with E-state index in [1.54, 1.807) is 0 Å². The maximum absolute atomic E-state index is 12.1. The summed E-state index contributed by atoms with van der Waals surface area (Å²) in [6.07, 6.45) is 3.23. The minimum absolute atomic E-state index is 0.0883. The van der Waals surface area contributed by atoms with Crippen molar-refractivity contribution in [3.8, 4) is 0 Å². The molecular weight excluding hydrogens is 308 g/mol. The summed E-state index contributed by atoms with van der Waals surface area (Å²) >= 11 is 0. The zero-order chi connectivity index (χ0) is 16.4. The van der Waals surface area contributed by atoms with Gasteiger partial charge in [0, 0.05) is 25.4 Å². The Morgan fingerprint density at radius 3 is 2.58 bits per heavy atom. The molecule has 24 heavy (non-hydrogen) atoms. The SMILES string of the molecule is O=C(NC[C@H]1COC2(CCOCC2)O1)NC1Cc2ccccc2C1. The van der Waals surface area contributed by atoms with Crippen LogP contribution in [0.5, 0.6) is 0 Å². The van der Waals surface area contributed by atoms with Gasteiger partial charge in [-0.25, -0.2) is 4.79 Å². The number of rotatable bonds is 3. The maximum atomic E-state index is 12.1. The van der Waals surface area contributed by atoms with Gasteiger partial charge in [-0.15, -0.1) is 0 Å². The maximum Gasteiger partial charge on any atom is 0.315 e. The molecule has 0 saturated carbocycles. The second kappa shape index (κ2) is 6.70. The van der Waals surface area contributed by atoms with E-state index in [2.05, 4.69) is 22.8 Å². The van der Waals surface area contributed by atoms with Crippen molar-refractivity contribution in [3.63, 3.8) is 0 Å². The second-order valence-electron chi connectivity index (χ2n) is 6.80. The van der Waals surface area contributed by atoms with Crippen LogP contribution in [0.1, 0.15) is 24.0 Å². The van der Waals surface area contributed by atoms with Gasteiger partial charge in [0.1, 0.15) is 6.10 Å². The average molecular weight is 332 g/mol. The first kappa shape index (κ1) is 15.9. The van der Waals surface area contributed by atoms with Gasteiger partial charge >= 0.3 is 6.03 Å². The van der Waals surface area contributed by atoms with Crippen LogP contribution in [0.4, 0.5) is 4.79 Å². The molecule has 2 fully saturated rings. The molecule has 0 unspecified atom stereocenters. The molecule has 1 atom stereocenters. The molecule has 2 saturated heterocycles. The molecule has 2 heterocycles. The normalized spacial score (nSPS) is 25.6. The molecule has 6 nitrogen and oxygen atoms in total. The second-order valence-corrected chi connectivity index (χ2v) is 6.80. The number of carbonyl (C=O) groups excluding carboxylic acids is 1. The summed E-state index contributed by atoms with van der Waals surface area (Å²) in [4.78, 5) is 12.1. The van der Waals surface area contributed by atoms with E-state index >= 15 is 0 Å². The lowest BCUT2D eigenvalue weighted by Gasteiger charge is -2.31. The first-order valence-corrected chi connectivity index (χ1v) is 8.73. The van der Waals surface area contributed by atoms with Gasteiger partial charge in [0.15, 0.2) is 5.79 Å². The Balaban J connectivity index is 1.21. The van der Waals surface area contributed by atoms with Gasteiger partial charge in [0.25, 0.3) is 0 Å². The zero-order valence-corrected chi connectivity index (χ0v) is 13.8. The van der Waals surface area contributed by atoms with Gasteiger partial charge in [-0.2, -0.15) is 0 Å². The molecule has 4 rings (SSSR count). The fourth-order valence-corrected chi connectivity index (χ4v) is 3.77. The third-order valence-corrected chi connectivity index (χ3v) is 5.04. The largest absolute Gasteiger partial charge is 0.381 e. The van der Waals surface area contributed by atoms with E-state index in [0.29, 0.717) is 26.4 Å². The lowest BCUT2D eigenvalue weighted by molar-refractivity contribution is -0.210. The van der Waals surface area contributed by atoms with Crippen LogP contribution in [-0.4, -0.2) is 50.3 Å². The monoisotopic (exact) mass is 332 g/mol. The molecule has 130 valence electrons. The van der Waals surface area contributed by atoms with Gasteiger partial charge in [-0.3, -0.25) is 0 Å². The molecule has 1 aliphatic carbocycles. The predicted octanol–water partition coefficient (Wildman–Crippen LogP) is 1.38. The van der Waals surface area contributed by atoms with Crippen molar-refractivity contribution in [2.75, 3.05) is 26.4 Å². The third-order valence-electron chi connectivity index (χ3n) is 5.04. The summed E-state index contributed by atoms with van der Waals surface area (Å²) in [6.45, 7) is 2.33. The van der Waals surface area contributed by atoms with Crippen LogP contribution in [0.15, 0.2) is 24.3 Å². The Kier molecular flexibility index (Phi) is 4.43. The topological polar surface area (TPSA) is 68.8 Å². The minimum Gasteiger partial charge on any atom is -0.381 e. The van der Waals surface area contributed by atoms with Gasteiger partial charge in [-0.05, 0) is 24.0 Å². The Bertz CT molecular complexity index is 575. The minimum atomic E-state index is -0.492. The number of benzene rings is 1. The number of carbonyl (C=O) groups is 1. The van der Waals surface area contributed by atoms with Crippen LogP contribution < -0.4 is 10.6 Å². The van der Waals surface area contributed by atoms with Gasteiger partial charge < -0.3 is 24.8 Å². The molecule has 0 radical (unpaired) electrons. The number of nitrogens with one attached hydrogen (secondary N) is 2. The Hall–Kier alpha value is -1.63. The molecule has 1 spiro atoms. The van der Waals surface area contributed by atoms with Gasteiger partial charge in [0.05, 0.1) is 19.8 Å². The number of ether oxygens (including phenoxy) is 3. The molecular formula is C18H24N2O4. The van der Waals surface area contributed by atoms with Crippen molar-refractivity contribution in [2.24, 2.45) is 0 Å². The standard InChI is InChI=1S/C18H24N2O4/c21-17(20-15-9-13-3-1-2-4-14(13)10-15)19-11-16-12-23-18(24-16)5-7-22-8-6-18/h1-4,15-16H,5-12H2,(H2,19,20,21)/t16-/m0/s1. The molecule has 3 aliphatic rings. The molecule has 2 amide bonds. The molecule has 1 aromatic rings. The van der Waals surface area contributed by atoms with Crippen molar-refractivity contribution >= 4 is 6.03 Å². The first-order chi connectivity index (χ1) is 11.7. The summed E-state index contributed by atoms with van der Waals surface area (Å²) in [5.74, 6) is -0.492. The molecule has 0 bridgehead atoms. The van der Waals surface area contributed by atoms with E-state index in [4.69, 9.17) is 14.2 Å². The van der Waals surface area contributed by atoms with Crippen molar-refractivity contribution in [3.05, 3.63) is 35.4 Å². The lowest BCUT2D eigenvalue weighted by Crippen LogP contribution is -2.45. The van der Waals surface area contributed by atoms with Crippen LogP contribution in [0.3, 0.4) is 0 Å². The van der Waals surface area contributed by atoms with E-state index in [9.17, 15) is 4.79 Å². The summed E-state index contributed by atoms with van der Waals surface area (Å²) in [6, 6.07) is 8.39. The van der Waals surface area contributed by atoms with E-state index < -0.39 is 5.79 Å². The van der Waals surface area contributed by atoms with Crippen LogP contribution in [-0.2, 0) is 27.1 Å². The van der Waals surface area contributed by atoms with Crippen LogP contribution in [0.2, 0.25) is 0 Å². The Morgan fingerprint density at radius 2 is 1.88 bits per heavy atom. The van der Waals surface area contributed by atoms with E-state index in [1.807, 2.05) is 12.1 Å². The summed E-state index contributed by atoms with van der Waals surface area (Å²) in [7, 11) is 0. The van der Waals surface area contributed by atoms with E-state index in [1.165, 1.54) is 11.1 Å². The number of hydrogen-bond acceptors (Lipinski definition) is 4. The fourth-order valence-electron chi connectivity index (χ4n) is 3.77. The smallest absolute Gasteiger partial charge is 0.315 e. The highest BCUT2D eigenvalue weighted by Crippen LogP contribution is 2.32. The highest BCUT2D eigenvalue weighted by molar-refractivity contribution is 5.74. The summed E-state index contributed by atoms with van der Waals surface area (Å²) in [5, 5.41) is 5.97. The van der Waals surface area contributed by atoms with Crippen molar-refractivity contribution in [2.45, 2.75) is 43.6 Å².